The third-order valence-corrected chi connectivity index (χ3v) is 1.93. The molecular weight excluding hydrogens is 191 g/mol. The first-order chi connectivity index (χ1) is 6.50. The summed E-state index contributed by atoms with van der Waals surface area (Å²) in [6.45, 7) is 1.80. The highest BCUT2D eigenvalue weighted by Crippen LogP contribution is 2.15. The van der Waals surface area contributed by atoms with E-state index in [-0.39, 0.29) is 6.04 Å². The molecule has 0 unspecified atom stereocenters. The van der Waals surface area contributed by atoms with Crippen molar-refractivity contribution < 1.29 is 13.2 Å². The van der Waals surface area contributed by atoms with Gasteiger partial charge in [0.25, 0.3) is 0 Å². The molecule has 14 heavy (non-hydrogen) atoms. The Hall–Kier alpha value is -1.03. The summed E-state index contributed by atoms with van der Waals surface area (Å²) in [5.74, 6) is -3.72. The molecule has 0 fully saturated rings. The van der Waals surface area contributed by atoms with Gasteiger partial charge in [0.1, 0.15) is 0 Å². The number of aryl methyl sites for hydroxylation is 1. The van der Waals surface area contributed by atoms with Gasteiger partial charge in [-0.15, -0.1) is 0 Å². The van der Waals surface area contributed by atoms with Gasteiger partial charge in [0.2, 0.25) is 0 Å². The summed E-state index contributed by atoms with van der Waals surface area (Å²) in [6, 6.07) is 1.97. The predicted octanol–water partition coefficient (Wildman–Crippen LogP) is 2.38. The first-order valence-electron chi connectivity index (χ1n) is 4.39. The number of rotatable bonds is 3. The SMILES string of the molecule is C[C@@H](N)CCc1cc(F)c(F)c(F)c1. The van der Waals surface area contributed by atoms with Gasteiger partial charge in [0.05, 0.1) is 0 Å². The molecule has 1 aromatic carbocycles. The summed E-state index contributed by atoms with van der Waals surface area (Å²) >= 11 is 0. The molecule has 1 rings (SSSR count). The van der Waals surface area contributed by atoms with Gasteiger partial charge in [-0.25, -0.2) is 13.2 Å². The highest BCUT2D eigenvalue weighted by Gasteiger charge is 2.10. The molecule has 0 aliphatic carbocycles. The molecule has 1 aromatic rings. The third-order valence-electron chi connectivity index (χ3n) is 1.93. The number of benzene rings is 1. The summed E-state index contributed by atoms with van der Waals surface area (Å²) in [4.78, 5) is 0. The summed E-state index contributed by atoms with van der Waals surface area (Å²) in [6.07, 6.45) is 1.07. The van der Waals surface area contributed by atoms with Crippen LogP contribution < -0.4 is 5.73 Å². The fourth-order valence-electron chi connectivity index (χ4n) is 1.15. The molecule has 0 aromatic heterocycles. The monoisotopic (exact) mass is 203 g/mol. The standard InChI is InChI=1S/C10H12F3N/c1-6(14)2-3-7-4-8(11)10(13)9(12)5-7/h4-6H,2-3,14H2,1H3/t6-/m1/s1. The van der Waals surface area contributed by atoms with E-state index >= 15 is 0 Å². The molecule has 78 valence electrons. The lowest BCUT2D eigenvalue weighted by Crippen LogP contribution is -2.15. The van der Waals surface area contributed by atoms with Crippen LogP contribution in [0.2, 0.25) is 0 Å². The molecular formula is C10H12F3N. The van der Waals surface area contributed by atoms with Crippen LogP contribution in [0, 0.1) is 17.5 Å². The van der Waals surface area contributed by atoms with E-state index < -0.39 is 17.5 Å². The van der Waals surface area contributed by atoms with E-state index in [9.17, 15) is 13.2 Å². The van der Waals surface area contributed by atoms with E-state index in [1.807, 2.05) is 0 Å². The first-order valence-corrected chi connectivity index (χ1v) is 4.39. The maximum absolute atomic E-state index is 12.7. The Morgan fingerprint density at radius 2 is 1.71 bits per heavy atom. The lowest BCUT2D eigenvalue weighted by atomic mass is 10.1. The largest absolute Gasteiger partial charge is 0.328 e. The van der Waals surface area contributed by atoms with Crippen molar-refractivity contribution in [1.29, 1.82) is 0 Å². The fourth-order valence-corrected chi connectivity index (χ4v) is 1.15. The van der Waals surface area contributed by atoms with Gasteiger partial charge >= 0.3 is 0 Å². The quantitative estimate of drug-likeness (QED) is 0.750. The lowest BCUT2D eigenvalue weighted by molar-refractivity contribution is 0.444. The van der Waals surface area contributed by atoms with E-state index in [4.69, 9.17) is 5.73 Å². The summed E-state index contributed by atoms with van der Waals surface area (Å²) in [5, 5.41) is 0. The van der Waals surface area contributed by atoms with Crippen LogP contribution in [0.3, 0.4) is 0 Å². The Kier molecular flexibility index (Phi) is 3.52. The summed E-state index contributed by atoms with van der Waals surface area (Å²) in [7, 11) is 0. The Bertz CT molecular complexity index is 300. The summed E-state index contributed by atoms with van der Waals surface area (Å²) < 4.78 is 38.0. The van der Waals surface area contributed by atoms with Gasteiger partial charge < -0.3 is 5.73 Å². The van der Waals surface area contributed by atoms with Gasteiger partial charge in [-0.1, -0.05) is 0 Å². The van der Waals surface area contributed by atoms with Crippen molar-refractivity contribution >= 4 is 0 Å². The molecule has 0 aliphatic rings. The maximum atomic E-state index is 12.7. The van der Waals surface area contributed by atoms with Crippen LogP contribution >= 0.6 is 0 Å². The maximum Gasteiger partial charge on any atom is 0.194 e. The van der Waals surface area contributed by atoms with Crippen molar-refractivity contribution in [3.8, 4) is 0 Å². The average Bonchev–Trinajstić information content (AvgIpc) is 2.10. The average molecular weight is 203 g/mol. The Balaban J connectivity index is 2.79. The Labute approximate surface area is 80.7 Å². The van der Waals surface area contributed by atoms with E-state index in [1.165, 1.54) is 0 Å². The van der Waals surface area contributed by atoms with Crippen LogP contribution in [0.1, 0.15) is 18.9 Å². The Morgan fingerprint density at radius 3 is 2.14 bits per heavy atom. The molecule has 1 nitrogen and oxygen atoms in total. The van der Waals surface area contributed by atoms with Crippen LogP contribution in [0.5, 0.6) is 0 Å². The van der Waals surface area contributed by atoms with Crippen molar-refractivity contribution in [2.75, 3.05) is 0 Å². The number of nitrogens with two attached hydrogens (primary N) is 1. The first kappa shape index (κ1) is 11.0. The van der Waals surface area contributed by atoms with Gasteiger partial charge in [-0.2, -0.15) is 0 Å². The molecule has 0 aliphatic heterocycles. The predicted molar refractivity (Wildman–Crippen MR) is 48.3 cm³/mol. The normalized spacial score (nSPS) is 12.9. The smallest absolute Gasteiger partial charge is 0.194 e. The van der Waals surface area contributed by atoms with Crippen molar-refractivity contribution in [3.05, 3.63) is 35.1 Å². The second-order valence-corrected chi connectivity index (χ2v) is 3.39. The van der Waals surface area contributed by atoms with Gasteiger partial charge in [-0.05, 0) is 37.5 Å². The van der Waals surface area contributed by atoms with Crippen LogP contribution in [-0.4, -0.2) is 6.04 Å². The van der Waals surface area contributed by atoms with E-state index in [1.54, 1.807) is 6.92 Å². The molecule has 0 radical (unpaired) electrons. The van der Waals surface area contributed by atoms with E-state index in [2.05, 4.69) is 0 Å². The molecule has 0 heterocycles. The minimum Gasteiger partial charge on any atom is -0.328 e. The molecule has 2 N–H and O–H groups in total. The zero-order valence-electron chi connectivity index (χ0n) is 7.86. The number of hydrogen-bond donors (Lipinski definition) is 1. The molecule has 0 spiro atoms. The van der Waals surface area contributed by atoms with Gasteiger partial charge in [0, 0.05) is 6.04 Å². The minimum absolute atomic E-state index is 0.0359. The van der Waals surface area contributed by atoms with E-state index in [0.717, 1.165) is 12.1 Å². The highest BCUT2D eigenvalue weighted by molar-refractivity contribution is 5.19. The zero-order valence-corrected chi connectivity index (χ0v) is 7.86. The molecule has 0 saturated heterocycles. The molecule has 4 heteroatoms. The van der Waals surface area contributed by atoms with E-state index in [0.29, 0.717) is 18.4 Å². The second-order valence-electron chi connectivity index (χ2n) is 3.39. The Morgan fingerprint density at radius 1 is 1.21 bits per heavy atom. The van der Waals surface area contributed by atoms with Crippen molar-refractivity contribution in [3.63, 3.8) is 0 Å². The second kappa shape index (κ2) is 4.46. The van der Waals surface area contributed by atoms with Crippen LogP contribution in [0.4, 0.5) is 13.2 Å². The lowest BCUT2D eigenvalue weighted by Gasteiger charge is -2.05. The van der Waals surface area contributed by atoms with Crippen molar-refractivity contribution in [2.45, 2.75) is 25.8 Å². The number of halogens is 3. The zero-order chi connectivity index (χ0) is 10.7. The van der Waals surface area contributed by atoms with Gasteiger partial charge in [0.15, 0.2) is 17.5 Å². The van der Waals surface area contributed by atoms with Gasteiger partial charge in [-0.3, -0.25) is 0 Å². The van der Waals surface area contributed by atoms with Crippen LogP contribution in [0.15, 0.2) is 12.1 Å². The molecule has 0 saturated carbocycles. The summed E-state index contributed by atoms with van der Waals surface area (Å²) in [5.41, 5.74) is 5.91. The topological polar surface area (TPSA) is 26.0 Å². The fraction of sp³-hybridized carbons (Fsp3) is 0.400. The van der Waals surface area contributed by atoms with Crippen molar-refractivity contribution in [2.24, 2.45) is 5.73 Å². The minimum atomic E-state index is -1.42. The molecule has 1 atom stereocenters. The van der Waals surface area contributed by atoms with Crippen LogP contribution in [-0.2, 0) is 6.42 Å². The van der Waals surface area contributed by atoms with Crippen molar-refractivity contribution in [1.82, 2.24) is 0 Å². The molecule has 0 amide bonds. The van der Waals surface area contributed by atoms with Crippen LogP contribution in [0.25, 0.3) is 0 Å². The number of hydrogen-bond acceptors (Lipinski definition) is 1. The molecule has 0 bridgehead atoms. The highest BCUT2D eigenvalue weighted by atomic mass is 19.2. The third kappa shape index (κ3) is 2.73.